The Bertz CT molecular complexity index is 338. The van der Waals surface area contributed by atoms with Gasteiger partial charge in [0.15, 0.2) is 0 Å². The topological polar surface area (TPSA) is 26.0 Å². The zero-order chi connectivity index (χ0) is 10.9. The number of benzene rings is 1. The molecule has 14 heavy (non-hydrogen) atoms. The molecule has 0 aliphatic carbocycles. The number of hydrogen-bond acceptors (Lipinski definition) is 1. The van der Waals surface area contributed by atoms with Gasteiger partial charge in [-0.2, -0.15) is 13.2 Å². The maximum atomic E-state index is 12.2. The number of rotatable bonds is 1. The van der Waals surface area contributed by atoms with E-state index < -0.39 is 12.2 Å². The molecule has 2 N–H and O–H groups in total. The molecule has 0 saturated heterocycles. The largest absolute Gasteiger partial charge is 0.407 e. The van der Waals surface area contributed by atoms with Crippen molar-refractivity contribution in [2.24, 2.45) is 5.73 Å². The van der Waals surface area contributed by atoms with Gasteiger partial charge in [0.05, 0.1) is 0 Å². The van der Waals surface area contributed by atoms with Crippen molar-refractivity contribution in [3.05, 3.63) is 33.8 Å². The minimum atomic E-state index is -4.52. The summed E-state index contributed by atoms with van der Waals surface area (Å²) in [6, 6.07) is 1.69. The quantitative estimate of drug-likeness (QED) is 0.802. The molecule has 1 rings (SSSR count). The molecule has 1 aromatic carbocycles. The highest BCUT2D eigenvalue weighted by Crippen LogP contribution is 2.35. The maximum Gasteiger partial charge on any atom is 0.407 e. The van der Waals surface area contributed by atoms with Crippen LogP contribution in [0.1, 0.15) is 11.6 Å². The molecule has 6 heteroatoms. The third kappa shape index (κ3) is 2.53. The molecule has 0 aliphatic heterocycles. The highest BCUT2D eigenvalue weighted by Gasteiger charge is 2.38. The summed E-state index contributed by atoms with van der Waals surface area (Å²) >= 11 is 11.1. The third-order valence-electron chi connectivity index (χ3n) is 1.65. The first-order chi connectivity index (χ1) is 6.32. The van der Waals surface area contributed by atoms with Gasteiger partial charge in [-0.25, -0.2) is 0 Å². The monoisotopic (exact) mass is 243 g/mol. The zero-order valence-corrected chi connectivity index (χ0v) is 8.29. The van der Waals surface area contributed by atoms with E-state index in [0.717, 1.165) is 6.07 Å². The summed E-state index contributed by atoms with van der Waals surface area (Å²) in [4.78, 5) is 0. The Kier molecular flexibility index (Phi) is 3.29. The Morgan fingerprint density at radius 3 is 2.29 bits per heavy atom. The van der Waals surface area contributed by atoms with Crippen molar-refractivity contribution in [3.8, 4) is 0 Å². The molecule has 0 radical (unpaired) electrons. The maximum absolute atomic E-state index is 12.2. The van der Waals surface area contributed by atoms with Gasteiger partial charge in [0.1, 0.15) is 6.04 Å². The molecule has 1 nitrogen and oxygen atoms in total. The third-order valence-corrected chi connectivity index (χ3v) is 2.23. The molecule has 0 aliphatic rings. The van der Waals surface area contributed by atoms with Crippen LogP contribution >= 0.6 is 23.2 Å². The number of alkyl halides is 3. The molecule has 0 saturated carbocycles. The van der Waals surface area contributed by atoms with E-state index in [2.05, 4.69) is 0 Å². The van der Waals surface area contributed by atoms with Crippen molar-refractivity contribution < 1.29 is 13.2 Å². The Hall–Kier alpha value is -0.450. The zero-order valence-electron chi connectivity index (χ0n) is 6.78. The summed E-state index contributed by atoms with van der Waals surface area (Å²) in [5.41, 5.74) is 4.76. The fourth-order valence-electron chi connectivity index (χ4n) is 0.929. The first-order valence-electron chi connectivity index (χ1n) is 3.59. The summed E-state index contributed by atoms with van der Waals surface area (Å²) in [7, 11) is 0. The lowest BCUT2D eigenvalue weighted by atomic mass is 10.1. The van der Waals surface area contributed by atoms with Crippen LogP contribution in [-0.4, -0.2) is 6.18 Å². The van der Waals surface area contributed by atoms with Gasteiger partial charge in [-0.05, 0) is 23.8 Å². The Balaban J connectivity index is 3.12. The summed E-state index contributed by atoms with van der Waals surface area (Å²) < 4.78 is 36.7. The van der Waals surface area contributed by atoms with E-state index in [1.807, 2.05) is 0 Å². The molecular weight excluding hydrogens is 238 g/mol. The number of nitrogens with two attached hydrogens (primary N) is 1. The summed E-state index contributed by atoms with van der Waals surface area (Å²) in [6.07, 6.45) is -4.52. The van der Waals surface area contributed by atoms with E-state index in [0.29, 0.717) is 0 Å². The van der Waals surface area contributed by atoms with Gasteiger partial charge in [-0.15, -0.1) is 0 Å². The molecular formula is C8H6Cl2F3N. The standard InChI is InChI=1S/C8H6Cl2F3N/c9-4-1-2-6(10)5(3-4)7(14)8(11,12)13/h1-3,7H,14H2/t7-/m1/s1. The molecule has 0 unspecified atom stereocenters. The van der Waals surface area contributed by atoms with Crippen LogP contribution in [0.2, 0.25) is 10.0 Å². The van der Waals surface area contributed by atoms with Gasteiger partial charge >= 0.3 is 6.18 Å². The number of hydrogen-bond donors (Lipinski definition) is 1. The normalized spacial score (nSPS) is 14.1. The minimum Gasteiger partial charge on any atom is -0.316 e. The molecule has 0 spiro atoms. The predicted octanol–water partition coefficient (Wildman–Crippen LogP) is 3.56. The highest BCUT2D eigenvalue weighted by molar-refractivity contribution is 6.33. The van der Waals surface area contributed by atoms with Crippen molar-refractivity contribution >= 4 is 23.2 Å². The second kappa shape index (κ2) is 3.96. The molecule has 0 amide bonds. The van der Waals surface area contributed by atoms with Crippen LogP contribution in [0.3, 0.4) is 0 Å². The highest BCUT2D eigenvalue weighted by atomic mass is 35.5. The smallest absolute Gasteiger partial charge is 0.316 e. The summed E-state index contributed by atoms with van der Waals surface area (Å²) in [6.45, 7) is 0. The minimum absolute atomic E-state index is 0.0424. The Labute approximate surface area is 88.6 Å². The summed E-state index contributed by atoms with van der Waals surface area (Å²) in [5, 5.41) is 0.128. The van der Waals surface area contributed by atoms with Gasteiger partial charge in [-0.1, -0.05) is 23.2 Å². The van der Waals surface area contributed by atoms with Crippen LogP contribution in [0.25, 0.3) is 0 Å². The second-order valence-corrected chi connectivity index (χ2v) is 3.53. The van der Waals surface area contributed by atoms with Crippen molar-refractivity contribution in [3.63, 3.8) is 0 Å². The molecule has 78 valence electrons. The Morgan fingerprint density at radius 1 is 1.21 bits per heavy atom. The van der Waals surface area contributed by atoms with Crippen LogP contribution in [0.15, 0.2) is 18.2 Å². The van der Waals surface area contributed by atoms with Crippen LogP contribution in [0.4, 0.5) is 13.2 Å². The lowest BCUT2D eigenvalue weighted by molar-refractivity contribution is -0.149. The first-order valence-corrected chi connectivity index (χ1v) is 4.35. The summed E-state index contributed by atoms with van der Waals surface area (Å²) in [5.74, 6) is 0. The van der Waals surface area contributed by atoms with Crippen molar-refractivity contribution in [2.75, 3.05) is 0 Å². The fraction of sp³-hybridized carbons (Fsp3) is 0.250. The second-order valence-electron chi connectivity index (χ2n) is 2.69. The predicted molar refractivity (Wildman–Crippen MR) is 49.4 cm³/mol. The van der Waals surface area contributed by atoms with Crippen molar-refractivity contribution in [1.29, 1.82) is 0 Å². The van der Waals surface area contributed by atoms with E-state index in [-0.39, 0.29) is 15.6 Å². The van der Waals surface area contributed by atoms with Crippen molar-refractivity contribution in [2.45, 2.75) is 12.2 Å². The van der Waals surface area contributed by atoms with Crippen LogP contribution in [-0.2, 0) is 0 Å². The fourth-order valence-corrected chi connectivity index (χ4v) is 1.34. The SMILES string of the molecule is N[C@H](c1cc(Cl)ccc1Cl)C(F)(F)F. The molecule has 1 atom stereocenters. The van der Waals surface area contributed by atoms with Crippen LogP contribution in [0.5, 0.6) is 0 Å². The van der Waals surface area contributed by atoms with Gasteiger partial charge in [0.2, 0.25) is 0 Å². The number of halogens is 5. The van der Waals surface area contributed by atoms with Gasteiger partial charge in [0.25, 0.3) is 0 Å². The van der Waals surface area contributed by atoms with Crippen molar-refractivity contribution in [1.82, 2.24) is 0 Å². The first kappa shape index (κ1) is 11.6. The Morgan fingerprint density at radius 2 is 1.79 bits per heavy atom. The average Bonchev–Trinajstić information content (AvgIpc) is 2.06. The molecule has 1 aromatic rings. The average molecular weight is 244 g/mol. The molecule has 0 bridgehead atoms. The van der Waals surface area contributed by atoms with E-state index in [4.69, 9.17) is 28.9 Å². The van der Waals surface area contributed by atoms with Gasteiger partial charge in [0, 0.05) is 10.0 Å². The molecule has 0 fully saturated rings. The van der Waals surface area contributed by atoms with Gasteiger partial charge in [-0.3, -0.25) is 0 Å². The van der Waals surface area contributed by atoms with E-state index in [9.17, 15) is 13.2 Å². The molecule has 0 heterocycles. The van der Waals surface area contributed by atoms with Crippen LogP contribution < -0.4 is 5.73 Å². The lowest BCUT2D eigenvalue weighted by Gasteiger charge is -2.17. The van der Waals surface area contributed by atoms with E-state index in [1.165, 1.54) is 12.1 Å². The van der Waals surface area contributed by atoms with E-state index in [1.54, 1.807) is 0 Å². The van der Waals surface area contributed by atoms with Gasteiger partial charge < -0.3 is 5.73 Å². The van der Waals surface area contributed by atoms with E-state index >= 15 is 0 Å². The van der Waals surface area contributed by atoms with Crippen LogP contribution in [0, 0.1) is 0 Å². The molecule has 0 aromatic heterocycles. The lowest BCUT2D eigenvalue weighted by Crippen LogP contribution is -2.28.